The topological polar surface area (TPSA) is 123 Å². The molecule has 0 aliphatic carbocycles. The van der Waals surface area contributed by atoms with E-state index in [1.807, 2.05) is 4.72 Å². The number of carbonyl (C=O) groups is 2. The second kappa shape index (κ2) is 6.67. The first-order chi connectivity index (χ1) is 11.2. The van der Waals surface area contributed by atoms with Gasteiger partial charge in [-0.05, 0) is 19.1 Å². The SMILES string of the molecule is COc1cc(C)nc(C(=O)NS(=O)(=O)c2ccccc2C(=O)O)c1. The minimum Gasteiger partial charge on any atom is -0.497 e. The molecule has 0 saturated carbocycles. The molecule has 0 unspecified atom stereocenters. The first-order valence-corrected chi connectivity index (χ1v) is 8.15. The highest BCUT2D eigenvalue weighted by Gasteiger charge is 2.25. The van der Waals surface area contributed by atoms with Gasteiger partial charge in [0, 0.05) is 17.8 Å². The molecule has 1 aromatic heterocycles. The molecule has 0 saturated heterocycles. The van der Waals surface area contributed by atoms with Gasteiger partial charge in [0.15, 0.2) is 0 Å². The maximum Gasteiger partial charge on any atom is 0.337 e. The highest BCUT2D eigenvalue weighted by Crippen LogP contribution is 2.17. The van der Waals surface area contributed by atoms with Crippen molar-refractivity contribution >= 4 is 21.9 Å². The van der Waals surface area contributed by atoms with Crippen molar-refractivity contribution in [3.63, 3.8) is 0 Å². The maximum absolute atomic E-state index is 12.3. The van der Waals surface area contributed by atoms with Crippen molar-refractivity contribution in [2.45, 2.75) is 11.8 Å². The Morgan fingerprint density at radius 2 is 1.88 bits per heavy atom. The largest absolute Gasteiger partial charge is 0.497 e. The Hall–Kier alpha value is -2.94. The number of carboxylic acids is 1. The van der Waals surface area contributed by atoms with Gasteiger partial charge >= 0.3 is 5.97 Å². The summed E-state index contributed by atoms with van der Waals surface area (Å²) in [7, 11) is -2.98. The van der Waals surface area contributed by atoms with Crippen LogP contribution in [0.3, 0.4) is 0 Å². The molecule has 8 nitrogen and oxygen atoms in total. The number of benzene rings is 1. The van der Waals surface area contributed by atoms with Crippen molar-refractivity contribution in [3.8, 4) is 5.75 Å². The number of aromatic nitrogens is 1. The summed E-state index contributed by atoms with van der Waals surface area (Å²) in [5.41, 5.74) is -0.140. The van der Waals surface area contributed by atoms with E-state index < -0.39 is 32.4 Å². The Morgan fingerprint density at radius 1 is 1.21 bits per heavy atom. The van der Waals surface area contributed by atoms with E-state index in [-0.39, 0.29) is 5.69 Å². The van der Waals surface area contributed by atoms with Gasteiger partial charge in [0.25, 0.3) is 15.9 Å². The van der Waals surface area contributed by atoms with Crippen LogP contribution in [0, 0.1) is 6.92 Å². The van der Waals surface area contributed by atoms with Crippen molar-refractivity contribution < 1.29 is 27.9 Å². The molecule has 0 spiro atoms. The smallest absolute Gasteiger partial charge is 0.337 e. The summed E-state index contributed by atoms with van der Waals surface area (Å²) in [5, 5.41) is 9.08. The van der Waals surface area contributed by atoms with E-state index in [0.717, 1.165) is 12.1 Å². The first kappa shape index (κ1) is 17.4. The Labute approximate surface area is 138 Å². The molecule has 24 heavy (non-hydrogen) atoms. The Kier molecular flexibility index (Phi) is 4.84. The number of carboxylic acid groups (broad SMARTS) is 1. The number of ether oxygens (including phenoxy) is 1. The molecule has 2 rings (SSSR count). The third-order valence-corrected chi connectivity index (χ3v) is 4.42. The fourth-order valence-electron chi connectivity index (χ4n) is 1.98. The lowest BCUT2D eigenvalue weighted by Gasteiger charge is -2.10. The third-order valence-electron chi connectivity index (χ3n) is 3.03. The lowest BCUT2D eigenvalue weighted by molar-refractivity contribution is 0.0692. The fraction of sp³-hybridized carbons (Fsp3) is 0.133. The van der Waals surface area contributed by atoms with Gasteiger partial charge in [-0.3, -0.25) is 4.79 Å². The molecule has 9 heteroatoms. The average Bonchev–Trinajstić information content (AvgIpc) is 2.53. The lowest BCUT2D eigenvalue weighted by atomic mass is 10.2. The molecule has 0 bridgehead atoms. The van der Waals surface area contributed by atoms with Crippen molar-refractivity contribution in [2.24, 2.45) is 0 Å². The quantitative estimate of drug-likeness (QED) is 0.831. The molecule has 2 aromatic rings. The zero-order valence-corrected chi connectivity index (χ0v) is 13.6. The van der Waals surface area contributed by atoms with Gasteiger partial charge in [0.05, 0.1) is 12.7 Å². The second-order valence-electron chi connectivity index (χ2n) is 4.77. The van der Waals surface area contributed by atoms with E-state index in [4.69, 9.17) is 9.84 Å². The zero-order valence-electron chi connectivity index (χ0n) is 12.8. The van der Waals surface area contributed by atoms with Crippen LogP contribution in [0.5, 0.6) is 5.75 Å². The first-order valence-electron chi connectivity index (χ1n) is 6.67. The van der Waals surface area contributed by atoms with Crippen molar-refractivity contribution in [1.82, 2.24) is 9.71 Å². The van der Waals surface area contributed by atoms with Gasteiger partial charge in [0.1, 0.15) is 16.3 Å². The van der Waals surface area contributed by atoms with Gasteiger partial charge in [-0.25, -0.2) is 22.9 Å². The number of methoxy groups -OCH3 is 1. The Bertz CT molecular complexity index is 908. The number of hydrogen-bond donors (Lipinski definition) is 2. The number of amides is 1. The predicted molar refractivity (Wildman–Crippen MR) is 83.6 cm³/mol. The number of hydrogen-bond acceptors (Lipinski definition) is 6. The number of pyridine rings is 1. The summed E-state index contributed by atoms with van der Waals surface area (Å²) in [4.78, 5) is 26.8. The van der Waals surface area contributed by atoms with E-state index in [1.54, 1.807) is 13.0 Å². The summed E-state index contributed by atoms with van der Waals surface area (Å²) in [6, 6.07) is 7.83. The van der Waals surface area contributed by atoms with Crippen LogP contribution in [0.4, 0.5) is 0 Å². The number of nitrogens with one attached hydrogen (secondary N) is 1. The molecule has 0 aliphatic heterocycles. The number of rotatable bonds is 5. The van der Waals surface area contributed by atoms with Crippen LogP contribution in [0.1, 0.15) is 26.5 Å². The Balaban J connectivity index is 2.38. The molecule has 0 fully saturated rings. The van der Waals surface area contributed by atoms with Crippen LogP contribution in [-0.2, 0) is 10.0 Å². The fourth-order valence-corrected chi connectivity index (χ4v) is 3.14. The van der Waals surface area contributed by atoms with Crippen molar-refractivity contribution in [1.29, 1.82) is 0 Å². The van der Waals surface area contributed by atoms with Crippen molar-refractivity contribution in [3.05, 3.63) is 53.3 Å². The summed E-state index contributed by atoms with van der Waals surface area (Å²) in [6.45, 7) is 1.62. The van der Waals surface area contributed by atoms with Crippen LogP contribution < -0.4 is 9.46 Å². The van der Waals surface area contributed by atoms with Gasteiger partial charge in [-0.1, -0.05) is 12.1 Å². The summed E-state index contributed by atoms with van der Waals surface area (Å²) < 4.78 is 31.5. The van der Waals surface area contributed by atoms with Crippen LogP contribution in [0.2, 0.25) is 0 Å². The van der Waals surface area contributed by atoms with Crippen LogP contribution in [0.15, 0.2) is 41.3 Å². The third kappa shape index (κ3) is 3.69. The molecule has 0 aliphatic rings. The number of aromatic carboxylic acids is 1. The lowest BCUT2D eigenvalue weighted by Crippen LogP contribution is -2.32. The van der Waals surface area contributed by atoms with E-state index >= 15 is 0 Å². The molecule has 1 aromatic carbocycles. The molecule has 0 atom stereocenters. The number of sulfonamides is 1. The second-order valence-corrected chi connectivity index (χ2v) is 6.42. The van der Waals surface area contributed by atoms with Gasteiger partial charge < -0.3 is 9.84 Å². The number of nitrogens with zero attached hydrogens (tertiary/aromatic N) is 1. The predicted octanol–water partition coefficient (Wildman–Crippen LogP) is 1.22. The number of carbonyl (C=O) groups excluding carboxylic acids is 1. The summed E-state index contributed by atoms with van der Waals surface area (Å²) in [6.07, 6.45) is 0. The van der Waals surface area contributed by atoms with Gasteiger partial charge in [-0.15, -0.1) is 0 Å². The summed E-state index contributed by atoms with van der Waals surface area (Å²) >= 11 is 0. The highest BCUT2D eigenvalue weighted by atomic mass is 32.2. The molecule has 2 N–H and O–H groups in total. The number of aryl methyl sites for hydroxylation is 1. The average molecular weight is 350 g/mol. The maximum atomic E-state index is 12.3. The molecule has 126 valence electrons. The van der Waals surface area contributed by atoms with E-state index in [2.05, 4.69) is 4.98 Å². The Morgan fingerprint density at radius 3 is 2.50 bits per heavy atom. The molecule has 1 heterocycles. The van der Waals surface area contributed by atoms with Crippen LogP contribution in [0.25, 0.3) is 0 Å². The zero-order chi connectivity index (χ0) is 17.9. The monoisotopic (exact) mass is 350 g/mol. The van der Waals surface area contributed by atoms with Crippen LogP contribution >= 0.6 is 0 Å². The highest BCUT2D eigenvalue weighted by molar-refractivity contribution is 7.90. The van der Waals surface area contributed by atoms with Crippen LogP contribution in [-0.4, -0.2) is 37.5 Å². The van der Waals surface area contributed by atoms with Gasteiger partial charge in [0.2, 0.25) is 0 Å². The van der Waals surface area contributed by atoms with E-state index in [1.165, 1.54) is 25.3 Å². The minimum atomic E-state index is -4.38. The molecule has 0 radical (unpaired) electrons. The standard InChI is InChI=1S/C15H14N2O6S/c1-9-7-10(23-2)8-12(16-9)14(18)17-24(21,22)13-6-4-3-5-11(13)15(19)20/h3-8H,1-2H3,(H,17,18)(H,19,20). The molecular weight excluding hydrogens is 336 g/mol. The summed E-state index contributed by atoms with van der Waals surface area (Å²) in [5.74, 6) is -2.06. The van der Waals surface area contributed by atoms with Gasteiger partial charge in [-0.2, -0.15) is 0 Å². The van der Waals surface area contributed by atoms with E-state index in [9.17, 15) is 18.0 Å². The molecule has 1 amide bonds. The molecular formula is C15H14N2O6S. The van der Waals surface area contributed by atoms with E-state index in [0.29, 0.717) is 11.4 Å². The van der Waals surface area contributed by atoms with Crippen molar-refractivity contribution in [2.75, 3.05) is 7.11 Å². The minimum absolute atomic E-state index is 0.164. The normalized spacial score (nSPS) is 10.9.